The maximum absolute atomic E-state index is 10.9. The topological polar surface area (TPSA) is 34.1 Å². The fraction of sp³-hybridized carbons (Fsp3) is 0. The van der Waals surface area contributed by atoms with Crippen LogP contribution >= 0.6 is 23.2 Å². The van der Waals surface area contributed by atoms with E-state index in [-0.39, 0.29) is 16.7 Å². The van der Waals surface area contributed by atoms with Gasteiger partial charge >= 0.3 is 0 Å². The summed E-state index contributed by atoms with van der Waals surface area (Å²) >= 11 is 10.5. The molecule has 0 aromatic heterocycles. The minimum atomic E-state index is -0.710. The molecule has 0 saturated carbocycles. The normalized spacial score (nSPS) is 9.21. The Morgan fingerprint density at radius 1 is 1.14 bits per heavy atom. The first kappa shape index (κ1) is 10.8. The van der Waals surface area contributed by atoms with Gasteiger partial charge in [-0.25, -0.2) is 0 Å². The molecular weight excluding hydrogens is 223 g/mol. The molecule has 0 aliphatic rings. The van der Waals surface area contributed by atoms with Crippen LogP contribution in [-0.2, 0) is 0 Å². The van der Waals surface area contributed by atoms with E-state index in [2.05, 4.69) is 5.92 Å². The molecule has 0 amide bonds. The van der Waals surface area contributed by atoms with Crippen LogP contribution in [0.25, 0.3) is 0 Å². The van der Waals surface area contributed by atoms with Gasteiger partial charge in [-0.3, -0.25) is 9.59 Å². The Kier molecular flexibility index (Phi) is 3.29. The van der Waals surface area contributed by atoms with E-state index < -0.39 is 10.5 Å². The highest BCUT2D eigenvalue weighted by atomic mass is 35.5. The second kappa shape index (κ2) is 4.28. The number of rotatable bonds is 2. The first-order valence-electron chi connectivity index (χ1n) is 3.57. The number of hydrogen-bond acceptors (Lipinski definition) is 2. The Morgan fingerprint density at radius 3 is 1.86 bits per heavy atom. The van der Waals surface area contributed by atoms with Gasteiger partial charge in [-0.15, -0.1) is 6.42 Å². The average Bonchev–Trinajstić information content (AvgIpc) is 2.16. The van der Waals surface area contributed by atoms with Gasteiger partial charge in [0.1, 0.15) is 0 Å². The van der Waals surface area contributed by atoms with Gasteiger partial charge in [-0.05, 0) is 35.3 Å². The zero-order valence-electron chi connectivity index (χ0n) is 6.88. The van der Waals surface area contributed by atoms with Crippen molar-refractivity contribution in [1.29, 1.82) is 0 Å². The molecule has 4 heteroatoms. The van der Waals surface area contributed by atoms with Crippen molar-refractivity contribution >= 4 is 33.7 Å². The maximum atomic E-state index is 10.9. The van der Waals surface area contributed by atoms with Gasteiger partial charge in [0.2, 0.25) is 0 Å². The van der Waals surface area contributed by atoms with E-state index in [1.807, 2.05) is 0 Å². The fourth-order valence-corrected chi connectivity index (χ4v) is 1.35. The largest absolute Gasteiger partial charge is 0.276 e. The Bertz CT molecular complexity index is 412. The molecule has 0 aliphatic carbocycles. The number of benzene rings is 1. The van der Waals surface area contributed by atoms with E-state index in [4.69, 9.17) is 29.6 Å². The Balaban J connectivity index is 3.50. The van der Waals surface area contributed by atoms with Crippen LogP contribution in [0.15, 0.2) is 18.2 Å². The molecule has 0 N–H and O–H groups in total. The summed E-state index contributed by atoms with van der Waals surface area (Å²) in [7, 11) is 0. The molecule has 0 spiro atoms. The van der Waals surface area contributed by atoms with Crippen LogP contribution in [-0.4, -0.2) is 10.5 Å². The van der Waals surface area contributed by atoms with E-state index in [9.17, 15) is 9.59 Å². The second-order valence-corrected chi connectivity index (χ2v) is 3.11. The van der Waals surface area contributed by atoms with Crippen molar-refractivity contribution in [3.63, 3.8) is 0 Å². The van der Waals surface area contributed by atoms with Crippen LogP contribution in [0.5, 0.6) is 0 Å². The molecule has 1 aromatic rings. The third-order valence-electron chi connectivity index (χ3n) is 1.63. The minimum absolute atomic E-state index is 0.112. The third-order valence-corrected chi connectivity index (χ3v) is 2.04. The Morgan fingerprint density at radius 2 is 1.57 bits per heavy atom. The average molecular weight is 227 g/mol. The standard InChI is InChI=1S/C10H4Cl2O2/c1-2-6-7(9(11)13)4-3-5-8(6)10(12)14/h1,3-5H. The summed E-state index contributed by atoms with van der Waals surface area (Å²) in [6, 6.07) is 4.37. The minimum Gasteiger partial charge on any atom is -0.276 e. The monoisotopic (exact) mass is 226 g/mol. The van der Waals surface area contributed by atoms with Crippen molar-refractivity contribution in [1.82, 2.24) is 0 Å². The molecule has 0 bridgehead atoms. The van der Waals surface area contributed by atoms with Gasteiger partial charge in [0, 0.05) is 5.56 Å². The molecular formula is C10H4Cl2O2. The van der Waals surface area contributed by atoms with Gasteiger partial charge in [-0.2, -0.15) is 0 Å². The lowest BCUT2D eigenvalue weighted by molar-refractivity contribution is 0.108. The molecule has 0 aliphatic heterocycles. The van der Waals surface area contributed by atoms with Crippen LogP contribution in [0.3, 0.4) is 0 Å². The summed E-state index contributed by atoms with van der Waals surface area (Å²) < 4.78 is 0. The Hall–Kier alpha value is -1.30. The predicted molar refractivity (Wildman–Crippen MR) is 54.7 cm³/mol. The molecule has 1 aromatic carbocycles. The van der Waals surface area contributed by atoms with Crippen LogP contribution in [0, 0.1) is 12.3 Å². The predicted octanol–water partition coefficient (Wildman–Crippen LogP) is 2.43. The molecule has 2 nitrogen and oxygen atoms in total. The molecule has 0 unspecified atom stereocenters. The van der Waals surface area contributed by atoms with Crippen LogP contribution < -0.4 is 0 Å². The van der Waals surface area contributed by atoms with E-state index >= 15 is 0 Å². The molecule has 14 heavy (non-hydrogen) atoms. The zero-order valence-corrected chi connectivity index (χ0v) is 8.39. The number of carbonyl (C=O) groups is 2. The van der Waals surface area contributed by atoms with E-state index in [1.54, 1.807) is 0 Å². The lowest BCUT2D eigenvalue weighted by Crippen LogP contribution is -2.01. The first-order chi connectivity index (χ1) is 6.57. The van der Waals surface area contributed by atoms with Crippen molar-refractivity contribution in [2.24, 2.45) is 0 Å². The molecule has 1 rings (SSSR count). The molecule has 0 heterocycles. The lowest BCUT2D eigenvalue weighted by atomic mass is 10.0. The number of halogens is 2. The van der Waals surface area contributed by atoms with Gasteiger partial charge in [0.25, 0.3) is 10.5 Å². The summed E-state index contributed by atoms with van der Waals surface area (Å²) in [4.78, 5) is 21.8. The molecule has 0 saturated heterocycles. The lowest BCUT2D eigenvalue weighted by Gasteiger charge is -2.02. The van der Waals surface area contributed by atoms with Crippen molar-refractivity contribution < 1.29 is 9.59 Å². The quantitative estimate of drug-likeness (QED) is 0.574. The van der Waals surface area contributed by atoms with Gasteiger partial charge in [-0.1, -0.05) is 12.0 Å². The van der Waals surface area contributed by atoms with Crippen LogP contribution in [0.2, 0.25) is 0 Å². The van der Waals surface area contributed by atoms with Crippen molar-refractivity contribution in [3.05, 3.63) is 34.9 Å². The summed E-state index contributed by atoms with van der Waals surface area (Å²) in [5.74, 6) is 2.22. The van der Waals surface area contributed by atoms with Crippen molar-refractivity contribution in [3.8, 4) is 12.3 Å². The second-order valence-electron chi connectivity index (χ2n) is 2.42. The van der Waals surface area contributed by atoms with Gasteiger partial charge in [0.15, 0.2) is 0 Å². The molecule has 0 fully saturated rings. The van der Waals surface area contributed by atoms with E-state index in [1.165, 1.54) is 18.2 Å². The first-order valence-corrected chi connectivity index (χ1v) is 4.32. The van der Waals surface area contributed by atoms with Crippen LogP contribution in [0.4, 0.5) is 0 Å². The zero-order chi connectivity index (χ0) is 10.7. The summed E-state index contributed by atoms with van der Waals surface area (Å²) in [6.07, 6.45) is 5.16. The van der Waals surface area contributed by atoms with Crippen LogP contribution in [0.1, 0.15) is 26.3 Å². The maximum Gasteiger partial charge on any atom is 0.253 e. The molecule has 70 valence electrons. The van der Waals surface area contributed by atoms with Gasteiger partial charge in [0.05, 0.1) is 11.1 Å². The summed E-state index contributed by atoms with van der Waals surface area (Å²) in [6.45, 7) is 0. The molecule has 0 atom stereocenters. The number of terminal acetylenes is 1. The third kappa shape index (κ3) is 1.95. The van der Waals surface area contributed by atoms with E-state index in [0.29, 0.717) is 0 Å². The van der Waals surface area contributed by atoms with E-state index in [0.717, 1.165) is 0 Å². The number of carbonyl (C=O) groups excluding carboxylic acids is 2. The highest BCUT2D eigenvalue weighted by Gasteiger charge is 2.14. The fourth-order valence-electron chi connectivity index (χ4n) is 1.04. The SMILES string of the molecule is C#Cc1c(C(=O)Cl)cccc1C(=O)Cl. The van der Waals surface area contributed by atoms with Crippen molar-refractivity contribution in [2.45, 2.75) is 0 Å². The smallest absolute Gasteiger partial charge is 0.253 e. The Labute approximate surface area is 90.8 Å². The summed E-state index contributed by atoms with van der Waals surface area (Å²) in [5, 5.41) is -1.42. The summed E-state index contributed by atoms with van der Waals surface area (Å²) in [5.41, 5.74) is 0.355. The number of hydrogen-bond donors (Lipinski definition) is 0. The van der Waals surface area contributed by atoms with Crippen molar-refractivity contribution in [2.75, 3.05) is 0 Å². The highest BCUT2D eigenvalue weighted by molar-refractivity contribution is 6.69. The van der Waals surface area contributed by atoms with Gasteiger partial charge < -0.3 is 0 Å². The highest BCUT2D eigenvalue weighted by Crippen LogP contribution is 2.17. The molecule has 0 radical (unpaired) electrons.